The zero-order valence-corrected chi connectivity index (χ0v) is 18.1. The molecule has 1 N–H and O–H groups in total. The van der Waals surface area contributed by atoms with E-state index in [2.05, 4.69) is 36.2 Å². The van der Waals surface area contributed by atoms with Crippen LogP contribution in [0.15, 0.2) is 33.6 Å². The number of rotatable bonds is 5. The Hall–Kier alpha value is -1.96. The number of anilines is 1. The summed E-state index contributed by atoms with van der Waals surface area (Å²) < 4.78 is 6.12. The first kappa shape index (κ1) is 22.1. The molecule has 1 heterocycles. The molecule has 0 radical (unpaired) electrons. The van der Waals surface area contributed by atoms with Crippen molar-refractivity contribution in [2.75, 3.05) is 11.9 Å². The van der Waals surface area contributed by atoms with Gasteiger partial charge in [0.05, 0.1) is 10.5 Å². The summed E-state index contributed by atoms with van der Waals surface area (Å²) in [7, 11) is 1.81. The molecule has 1 atom stereocenters. The van der Waals surface area contributed by atoms with Gasteiger partial charge >= 0.3 is 6.09 Å². The molecular weight excluding hydrogens is 398 g/mol. The van der Waals surface area contributed by atoms with Gasteiger partial charge in [0.2, 0.25) is 5.95 Å². The van der Waals surface area contributed by atoms with E-state index in [0.29, 0.717) is 11.8 Å². The summed E-state index contributed by atoms with van der Waals surface area (Å²) in [4.78, 5) is 27.1. The number of nitrogens with one attached hydrogen (secondary N) is 1. The van der Waals surface area contributed by atoms with E-state index in [4.69, 9.17) is 4.74 Å². The molecule has 0 aliphatic rings. The zero-order chi connectivity index (χ0) is 19.9. The van der Waals surface area contributed by atoms with Crippen LogP contribution in [0.4, 0.5) is 10.7 Å². The third-order valence-electron chi connectivity index (χ3n) is 3.16. The van der Waals surface area contributed by atoms with Gasteiger partial charge < -0.3 is 10.1 Å². The number of aromatic nitrogens is 2. The number of allylic oxidation sites excluding steroid dienone is 2. The van der Waals surface area contributed by atoms with Crippen molar-refractivity contribution in [2.45, 2.75) is 59.6 Å². The molecule has 8 heteroatoms. The Balaban J connectivity index is 3.10. The van der Waals surface area contributed by atoms with Gasteiger partial charge in [0, 0.05) is 25.1 Å². The van der Waals surface area contributed by atoms with Gasteiger partial charge in [-0.2, -0.15) is 0 Å². The summed E-state index contributed by atoms with van der Waals surface area (Å²) in [6.07, 6.45) is 5.71. The lowest BCUT2D eigenvalue weighted by molar-refractivity contribution is 0.0521. The highest BCUT2D eigenvalue weighted by Gasteiger charge is 2.23. The number of halogens is 1. The van der Waals surface area contributed by atoms with E-state index >= 15 is 0 Å². The average molecular weight is 426 g/mol. The summed E-state index contributed by atoms with van der Waals surface area (Å²) in [6, 6.07) is -0.401. The van der Waals surface area contributed by atoms with Crippen LogP contribution >= 0.6 is 15.9 Å². The van der Waals surface area contributed by atoms with E-state index in [-0.39, 0.29) is 0 Å². The van der Waals surface area contributed by atoms with Crippen LogP contribution in [0.25, 0.3) is 0 Å². The van der Waals surface area contributed by atoms with Gasteiger partial charge in [-0.25, -0.2) is 19.8 Å². The molecule has 0 fully saturated rings. The Morgan fingerprint density at radius 2 is 2.00 bits per heavy atom. The fourth-order valence-corrected chi connectivity index (χ4v) is 2.32. The van der Waals surface area contributed by atoms with E-state index in [1.165, 1.54) is 0 Å². The number of hydrogen-bond donors (Lipinski definition) is 1. The normalized spacial score (nSPS) is 14.0. The summed E-state index contributed by atoms with van der Waals surface area (Å²) in [5.74, 6) is 1.09. The highest BCUT2D eigenvalue weighted by molar-refractivity contribution is 9.10. The quantitative estimate of drug-likeness (QED) is 0.561. The SMILES string of the molecule is CC/C=C(\C)N=C(C(C)NC(=O)OC(C)(C)C)N(C)c1ncc(Br)cn1. The molecule has 1 unspecified atom stereocenters. The lowest BCUT2D eigenvalue weighted by Crippen LogP contribution is -2.47. The molecule has 7 nitrogen and oxygen atoms in total. The number of likely N-dealkylation sites (N-methyl/N-ethyl adjacent to an activating group) is 1. The number of carbonyl (C=O) groups excluding carboxylic acids is 1. The molecule has 1 aromatic heterocycles. The molecule has 26 heavy (non-hydrogen) atoms. The number of amides is 1. The van der Waals surface area contributed by atoms with Crippen LogP contribution in [-0.4, -0.2) is 40.6 Å². The van der Waals surface area contributed by atoms with E-state index in [1.54, 1.807) is 17.3 Å². The third-order valence-corrected chi connectivity index (χ3v) is 3.57. The van der Waals surface area contributed by atoms with Crippen molar-refractivity contribution in [1.82, 2.24) is 15.3 Å². The lowest BCUT2D eigenvalue weighted by atomic mass is 10.2. The second-order valence-electron chi connectivity index (χ2n) is 6.85. The van der Waals surface area contributed by atoms with Crippen LogP contribution in [0, 0.1) is 0 Å². The molecule has 0 aliphatic heterocycles. The van der Waals surface area contributed by atoms with Gasteiger partial charge in [0.15, 0.2) is 0 Å². The molecule has 0 saturated heterocycles. The summed E-state index contributed by atoms with van der Waals surface area (Å²) >= 11 is 3.33. The monoisotopic (exact) mass is 425 g/mol. The Kier molecular flexibility index (Phi) is 8.20. The molecule has 1 aromatic rings. The molecule has 0 saturated carbocycles. The van der Waals surface area contributed by atoms with Crippen molar-refractivity contribution in [3.8, 4) is 0 Å². The smallest absolute Gasteiger partial charge is 0.408 e. The van der Waals surface area contributed by atoms with Crippen molar-refractivity contribution in [1.29, 1.82) is 0 Å². The van der Waals surface area contributed by atoms with Crippen LogP contribution in [0.5, 0.6) is 0 Å². The van der Waals surface area contributed by atoms with E-state index in [1.807, 2.05) is 54.7 Å². The Morgan fingerprint density at radius 3 is 2.50 bits per heavy atom. The first-order valence-electron chi connectivity index (χ1n) is 8.49. The molecule has 0 bridgehead atoms. The van der Waals surface area contributed by atoms with Gasteiger partial charge in [-0.1, -0.05) is 13.0 Å². The fraction of sp³-hybridized carbons (Fsp3) is 0.556. The van der Waals surface area contributed by atoms with Crippen molar-refractivity contribution in [3.63, 3.8) is 0 Å². The summed E-state index contributed by atoms with van der Waals surface area (Å²) in [5, 5.41) is 2.82. The number of amidine groups is 1. The summed E-state index contributed by atoms with van der Waals surface area (Å²) in [6.45, 7) is 11.3. The maximum absolute atomic E-state index is 12.1. The van der Waals surface area contributed by atoms with Gasteiger partial charge in [0.25, 0.3) is 0 Å². The Morgan fingerprint density at radius 1 is 1.42 bits per heavy atom. The number of aliphatic imine (C=N–C) groups is 1. The number of hydrogen-bond acceptors (Lipinski definition) is 5. The molecule has 1 amide bonds. The van der Waals surface area contributed by atoms with Crippen molar-refractivity contribution < 1.29 is 9.53 Å². The second-order valence-corrected chi connectivity index (χ2v) is 7.77. The topological polar surface area (TPSA) is 79.7 Å². The van der Waals surface area contributed by atoms with Crippen LogP contribution in [0.2, 0.25) is 0 Å². The second kappa shape index (κ2) is 9.66. The molecule has 1 rings (SSSR count). The minimum absolute atomic E-state index is 0.401. The standard InChI is InChI=1S/C18H28BrN5O2/c1-8-9-12(2)22-15(13(3)23-17(25)26-18(4,5)6)24(7)16-20-10-14(19)11-21-16/h9-11,13H,8H2,1-7H3,(H,23,25)/b12-9+,22-15?. The van der Waals surface area contributed by atoms with Gasteiger partial charge in [0.1, 0.15) is 11.4 Å². The number of ether oxygens (including phenoxy) is 1. The van der Waals surface area contributed by atoms with Crippen molar-refractivity contribution in [3.05, 3.63) is 28.6 Å². The van der Waals surface area contributed by atoms with Crippen molar-refractivity contribution in [2.24, 2.45) is 4.99 Å². The maximum Gasteiger partial charge on any atom is 0.408 e. The first-order chi connectivity index (χ1) is 12.0. The van der Waals surface area contributed by atoms with Gasteiger partial charge in [-0.3, -0.25) is 4.90 Å². The lowest BCUT2D eigenvalue weighted by Gasteiger charge is -2.26. The van der Waals surface area contributed by atoms with Crippen LogP contribution in [-0.2, 0) is 4.74 Å². The minimum atomic E-state index is -0.570. The zero-order valence-electron chi connectivity index (χ0n) is 16.5. The van der Waals surface area contributed by atoms with Crippen LogP contribution in [0.3, 0.4) is 0 Å². The Labute approximate surface area is 164 Å². The maximum atomic E-state index is 12.1. The third kappa shape index (κ3) is 7.51. The fourth-order valence-electron chi connectivity index (χ4n) is 2.11. The van der Waals surface area contributed by atoms with Crippen molar-refractivity contribution >= 4 is 33.8 Å². The van der Waals surface area contributed by atoms with Crippen LogP contribution in [0.1, 0.15) is 48.0 Å². The van der Waals surface area contributed by atoms with E-state index in [9.17, 15) is 4.79 Å². The molecule has 144 valence electrons. The molecule has 0 aromatic carbocycles. The van der Waals surface area contributed by atoms with E-state index in [0.717, 1.165) is 16.6 Å². The van der Waals surface area contributed by atoms with Gasteiger partial charge in [-0.15, -0.1) is 0 Å². The first-order valence-corrected chi connectivity index (χ1v) is 9.29. The van der Waals surface area contributed by atoms with Gasteiger partial charge in [-0.05, 0) is 57.0 Å². The largest absolute Gasteiger partial charge is 0.444 e. The summed E-state index contributed by atoms with van der Waals surface area (Å²) in [5.41, 5.74) is 0.282. The molecule has 0 spiro atoms. The predicted molar refractivity (Wildman–Crippen MR) is 108 cm³/mol. The molecular formula is C18H28BrN5O2. The predicted octanol–water partition coefficient (Wildman–Crippen LogP) is 4.30. The number of nitrogens with zero attached hydrogens (tertiary/aromatic N) is 4. The van der Waals surface area contributed by atoms with Crippen LogP contribution < -0.4 is 10.2 Å². The number of alkyl carbamates (subject to hydrolysis) is 1. The molecule has 0 aliphatic carbocycles. The highest BCUT2D eigenvalue weighted by Crippen LogP contribution is 2.13. The highest BCUT2D eigenvalue weighted by atomic mass is 79.9. The average Bonchev–Trinajstić information content (AvgIpc) is 2.51. The Bertz CT molecular complexity index is 665. The number of carbonyl (C=O) groups is 1. The van der Waals surface area contributed by atoms with E-state index < -0.39 is 17.7 Å². The minimum Gasteiger partial charge on any atom is -0.444 e.